The summed E-state index contributed by atoms with van der Waals surface area (Å²) in [6.45, 7) is 1.02. The standard InChI is InChI=1S/C12H15NO/c1-13-8-7-11(12(13)9-14)10-5-3-2-4-6-10/h2-6,9,11-12H,7-8H2,1H3. The SMILES string of the molecule is CN1CCC(c2ccccc2)C1C=O. The highest BCUT2D eigenvalue weighted by Gasteiger charge is 2.32. The van der Waals surface area contributed by atoms with E-state index in [4.69, 9.17) is 0 Å². The fourth-order valence-corrected chi connectivity index (χ4v) is 2.23. The molecule has 1 fully saturated rings. The van der Waals surface area contributed by atoms with Gasteiger partial charge in [-0.3, -0.25) is 4.90 Å². The number of hydrogen-bond acceptors (Lipinski definition) is 2. The molecule has 74 valence electrons. The van der Waals surface area contributed by atoms with Gasteiger partial charge in [0.25, 0.3) is 0 Å². The van der Waals surface area contributed by atoms with Crippen molar-refractivity contribution in [2.24, 2.45) is 0 Å². The molecule has 0 amide bonds. The maximum atomic E-state index is 11.0. The van der Waals surface area contributed by atoms with E-state index < -0.39 is 0 Å². The summed E-state index contributed by atoms with van der Waals surface area (Å²) in [5.41, 5.74) is 1.29. The molecule has 1 heterocycles. The van der Waals surface area contributed by atoms with Gasteiger partial charge in [0.1, 0.15) is 6.29 Å². The summed E-state index contributed by atoms with van der Waals surface area (Å²) in [4.78, 5) is 13.1. The summed E-state index contributed by atoms with van der Waals surface area (Å²) in [5.74, 6) is 0.388. The second-order valence-electron chi connectivity index (χ2n) is 3.91. The predicted octanol–water partition coefficient (Wildman–Crippen LogP) is 1.67. The number of carbonyl (C=O) groups excluding carboxylic acids is 1. The van der Waals surface area contributed by atoms with Crippen LogP contribution in [0.1, 0.15) is 17.9 Å². The third-order valence-electron chi connectivity index (χ3n) is 3.08. The molecule has 2 nitrogen and oxygen atoms in total. The van der Waals surface area contributed by atoms with Crippen molar-refractivity contribution in [2.75, 3.05) is 13.6 Å². The number of rotatable bonds is 2. The highest BCUT2D eigenvalue weighted by molar-refractivity contribution is 5.61. The van der Waals surface area contributed by atoms with Crippen LogP contribution in [-0.4, -0.2) is 30.8 Å². The van der Waals surface area contributed by atoms with Crippen LogP contribution in [0.5, 0.6) is 0 Å². The third-order valence-corrected chi connectivity index (χ3v) is 3.08. The van der Waals surface area contributed by atoms with Gasteiger partial charge in [0.05, 0.1) is 6.04 Å². The molecular formula is C12H15NO. The van der Waals surface area contributed by atoms with Crippen molar-refractivity contribution in [1.82, 2.24) is 4.90 Å². The Morgan fingerprint density at radius 1 is 1.36 bits per heavy atom. The van der Waals surface area contributed by atoms with Crippen LogP contribution >= 0.6 is 0 Å². The Balaban J connectivity index is 2.23. The van der Waals surface area contributed by atoms with Crippen LogP contribution in [0.2, 0.25) is 0 Å². The summed E-state index contributed by atoms with van der Waals surface area (Å²) in [7, 11) is 2.02. The van der Waals surface area contributed by atoms with Crippen molar-refractivity contribution in [3.8, 4) is 0 Å². The van der Waals surface area contributed by atoms with E-state index in [9.17, 15) is 4.79 Å². The second kappa shape index (κ2) is 3.93. The molecule has 0 radical (unpaired) electrons. The molecular weight excluding hydrogens is 174 g/mol. The van der Waals surface area contributed by atoms with Crippen LogP contribution in [0.15, 0.2) is 30.3 Å². The number of likely N-dealkylation sites (tertiary alicyclic amines) is 1. The fourth-order valence-electron chi connectivity index (χ4n) is 2.23. The van der Waals surface area contributed by atoms with Crippen molar-refractivity contribution < 1.29 is 4.79 Å². The van der Waals surface area contributed by atoms with Crippen LogP contribution in [0, 0.1) is 0 Å². The Morgan fingerprint density at radius 2 is 2.07 bits per heavy atom. The molecule has 0 N–H and O–H groups in total. The molecule has 1 aliphatic heterocycles. The Bertz CT molecular complexity index is 309. The van der Waals surface area contributed by atoms with Crippen molar-refractivity contribution in [1.29, 1.82) is 0 Å². The first-order valence-electron chi connectivity index (χ1n) is 5.03. The maximum absolute atomic E-state index is 11.0. The smallest absolute Gasteiger partial charge is 0.137 e. The van der Waals surface area contributed by atoms with Crippen molar-refractivity contribution in [3.63, 3.8) is 0 Å². The molecule has 2 unspecified atom stereocenters. The molecule has 0 saturated carbocycles. The van der Waals surface area contributed by atoms with Crippen molar-refractivity contribution in [2.45, 2.75) is 18.4 Å². The van der Waals surface area contributed by atoms with Gasteiger partial charge in [-0.2, -0.15) is 0 Å². The van der Waals surface area contributed by atoms with Crippen LogP contribution in [0.3, 0.4) is 0 Å². The average molecular weight is 189 g/mol. The third kappa shape index (κ3) is 1.58. The number of carbonyl (C=O) groups is 1. The maximum Gasteiger partial charge on any atom is 0.137 e. The summed E-state index contributed by atoms with van der Waals surface area (Å²) in [5, 5.41) is 0. The van der Waals surface area contributed by atoms with Crippen molar-refractivity contribution >= 4 is 6.29 Å². The quantitative estimate of drug-likeness (QED) is 0.660. The molecule has 1 aromatic rings. The van der Waals surface area contributed by atoms with E-state index in [1.165, 1.54) is 5.56 Å². The number of hydrogen-bond donors (Lipinski definition) is 0. The first-order chi connectivity index (χ1) is 6.83. The Kier molecular flexibility index (Phi) is 2.64. The molecule has 2 atom stereocenters. The minimum atomic E-state index is 0.0670. The van der Waals surface area contributed by atoms with Gasteiger partial charge in [-0.05, 0) is 25.6 Å². The zero-order valence-electron chi connectivity index (χ0n) is 8.39. The summed E-state index contributed by atoms with van der Waals surface area (Å²) < 4.78 is 0. The minimum absolute atomic E-state index is 0.0670. The van der Waals surface area contributed by atoms with Crippen LogP contribution in [-0.2, 0) is 4.79 Å². The highest BCUT2D eigenvalue weighted by Crippen LogP contribution is 2.30. The van der Waals surface area contributed by atoms with Gasteiger partial charge < -0.3 is 4.79 Å². The Hall–Kier alpha value is -1.15. The normalized spacial score (nSPS) is 27.8. The van der Waals surface area contributed by atoms with E-state index in [1.54, 1.807) is 0 Å². The monoisotopic (exact) mass is 189 g/mol. The van der Waals surface area contributed by atoms with Gasteiger partial charge >= 0.3 is 0 Å². The minimum Gasteiger partial charge on any atom is -0.302 e. The van der Waals surface area contributed by atoms with E-state index in [0.29, 0.717) is 5.92 Å². The topological polar surface area (TPSA) is 20.3 Å². The summed E-state index contributed by atoms with van der Waals surface area (Å²) in [6.07, 6.45) is 2.16. The summed E-state index contributed by atoms with van der Waals surface area (Å²) in [6, 6.07) is 10.4. The van der Waals surface area contributed by atoms with Gasteiger partial charge in [-0.25, -0.2) is 0 Å². The van der Waals surface area contributed by atoms with E-state index in [1.807, 2.05) is 25.2 Å². The fraction of sp³-hybridized carbons (Fsp3) is 0.417. The van der Waals surface area contributed by atoms with E-state index >= 15 is 0 Å². The Labute approximate surface area is 84.5 Å². The van der Waals surface area contributed by atoms with E-state index in [-0.39, 0.29) is 6.04 Å². The molecule has 0 bridgehead atoms. The molecule has 1 saturated heterocycles. The van der Waals surface area contributed by atoms with Crippen LogP contribution in [0.4, 0.5) is 0 Å². The molecule has 0 aliphatic carbocycles. The van der Waals surface area contributed by atoms with Gasteiger partial charge in [0, 0.05) is 5.92 Å². The lowest BCUT2D eigenvalue weighted by atomic mass is 9.93. The number of benzene rings is 1. The molecule has 1 aromatic carbocycles. The average Bonchev–Trinajstić information content (AvgIpc) is 2.61. The van der Waals surface area contributed by atoms with Gasteiger partial charge in [-0.1, -0.05) is 30.3 Å². The zero-order valence-corrected chi connectivity index (χ0v) is 8.39. The molecule has 14 heavy (non-hydrogen) atoms. The largest absolute Gasteiger partial charge is 0.302 e. The number of likely N-dealkylation sites (N-methyl/N-ethyl adjacent to an activating group) is 1. The number of aldehydes is 1. The summed E-state index contributed by atoms with van der Waals surface area (Å²) >= 11 is 0. The van der Waals surface area contributed by atoms with Gasteiger partial charge in [0.15, 0.2) is 0 Å². The lowest BCUT2D eigenvalue weighted by Gasteiger charge is -2.19. The molecule has 0 spiro atoms. The molecule has 1 aliphatic rings. The first-order valence-corrected chi connectivity index (χ1v) is 5.03. The predicted molar refractivity (Wildman–Crippen MR) is 56.3 cm³/mol. The van der Waals surface area contributed by atoms with Crippen LogP contribution < -0.4 is 0 Å². The van der Waals surface area contributed by atoms with Crippen LogP contribution in [0.25, 0.3) is 0 Å². The lowest BCUT2D eigenvalue weighted by molar-refractivity contribution is -0.111. The van der Waals surface area contributed by atoms with Gasteiger partial charge in [-0.15, -0.1) is 0 Å². The molecule has 0 aromatic heterocycles. The lowest BCUT2D eigenvalue weighted by Crippen LogP contribution is -2.29. The Morgan fingerprint density at radius 3 is 2.71 bits per heavy atom. The van der Waals surface area contributed by atoms with Crippen molar-refractivity contribution in [3.05, 3.63) is 35.9 Å². The second-order valence-corrected chi connectivity index (χ2v) is 3.91. The first kappa shape index (κ1) is 9.41. The zero-order chi connectivity index (χ0) is 9.97. The molecule has 2 heteroatoms. The highest BCUT2D eigenvalue weighted by atomic mass is 16.1. The number of nitrogens with zero attached hydrogens (tertiary/aromatic N) is 1. The van der Waals surface area contributed by atoms with E-state index in [0.717, 1.165) is 19.3 Å². The van der Waals surface area contributed by atoms with Gasteiger partial charge in [0.2, 0.25) is 0 Å². The van der Waals surface area contributed by atoms with E-state index in [2.05, 4.69) is 17.0 Å². The molecule has 2 rings (SSSR count).